The van der Waals surface area contributed by atoms with Gasteiger partial charge in [-0.2, -0.15) is 13.2 Å². The molecule has 152 valence electrons. The highest BCUT2D eigenvalue weighted by Gasteiger charge is 2.37. The third kappa shape index (κ3) is 4.02. The summed E-state index contributed by atoms with van der Waals surface area (Å²) in [6, 6.07) is 12.0. The summed E-state index contributed by atoms with van der Waals surface area (Å²) in [7, 11) is 0. The van der Waals surface area contributed by atoms with E-state index in [0.717, 1.165) is 17.5 Å². The smallest absolute Gasteiger partial charge is 0.298 e. The van der Waals surface area contributed by atoms with Crippen molar-refractivity contribution in [3.05, 3.63) is 88.3 Å². The van der Waals surface area contributed by atoms with E-state index in [9.17, 15) is 22.4 Å². The topological polar surface area (TPSA) is 54.9 Å². The van der Waals surface area contributed by atoms with E-state index >= 15 is 0 Å². The number of nitrogens with one attached hydrogen (secondary N) is 1. The molecule has 2 heterocycles. The second kappa shape index (κ2) is 7.83. The van der Waals surface area contributed by atoms with Gasteiger partial charge in [-0.05, 0) is 17.7 Å². The number of benzene rings is 2. The Morgan fingerprint density at radius 1 is 1.00 bits per heavy atom. The average molecular weight is 431 g/mol. The molecule has 0 saturated carbocycles. The maximum absolute atomic E-state index is 13.8. The molecule has 9 heteroatoms. The maximum atomic E-state index is 13.8. The van der Waals surface area contributed by atoms with Gasteiger partial charge in [0.1, 0.15) is 5.82 Å². The molecule has 0 radical (unpaired) electrons. The maximum Gasteiger partial charge on any atom is 0.417 e. The van der Waals surface area contributed by atoms with E-state index in [-0.39, 0.29) is 28.3 Å². The summed E-state index contributed by atoms with van der Waals surface area (Å²) >= 11 is 1.07. The fourth-order valence-corrected chi connectivity index (χ4v) is 3.89. The van der Waals surface area contributed by atoms with Gasteiger partial charge in [-0.15, -0.1) is 11.3 Å². The van der Waals surface area contributed by atoms with Crippen LogP contribution in [0.1, 0.15) is 26.4 Å². The van der Waals surface area contributed by atoms with E-state index in [0.29, 0.717) is 10.4 Å². The first kappa shape index (κ1) is 20.0. The summed E-state index contributed by atoms with van der Waals surface area (Å²) in [5.74, 6) is -1.33. The molecule has 0 atom stereocenters. The third-order valence-electron chi connectivity index (χ3n) is 4.40. The van der Waals surface area contributed by atoms with Gasteiger partial charge in [0, 0.05) is 29.1 Å². The number of aromatic nitrogens is 2. The average Bonchev–Trinajstić information content (AvgIpc) is 3.14. The van der Waals surface area contributed by atoms with Crippen molar-refractivity contribution < 1.29 is 22.4 Å². The van der Waals surface area contributed by atoms with Gasteiger partial charge in [0.25, 0.3) is 5.91 Å². The number of carbonyl (C=O) groups is 1. The van der Waals surface area contributed by atoms with Crippen LogP contribution in [0.15, 0.2) is 60.9 Å². The van der Waals surface area contributed by atoms with Gasteiger partial charge in [0.15, 0.2) is 5.13 Å². The highest BCUT2D eigenvalue weighted by atomic mass is 32.1. The van der Waals surface area contributed by atoms with Crippen molar-refractivity contribution in [1.82, 2.24) is 9.97 Å². The van der Waals surface area contributed by atoms with Gasteiger partial charge in [-0.1, -0.05) is 36.4 Å². The molecule has 1 amide bonds. The predicted molar refractivity (Wildman–Crippen MR) is 106 cm³/mol. The van der Waals surface area contributed by atoms with Gasteiger partial charge in [-0.3, -0.25) is 15.1 Å². The summed E-state index contributed by atoms with van der Waals surface area (Å²) in [6.45, 7) is 0. The van der Waals surface area contributed by atoms with Gasteiger partial charge in [0.2, 0.25) is 0 Å². The molecule has 0 saturated heterocycles. The Hall–Kier alpha value is -3.33. The Morgan fingerprint density at radius 2 is 1.73 bits per heavy atom. The number of hydrogen-bond acceptors (Lipinski definition) is 4. The summed E-state index contributed by atoms with van der Waals surface area (Å²) in [6.07, 6.45) is -2.12. The lowest BCUT2D eigenvalue weighted by molar-refractivity contribution is -0.136. The highest BCUT2D eigenvalue weighted by Crippen LogP contribution is 2.37. The Balaban J connectivity index is 1.61. The zero-order valence-electron chi connectivity index (χ0n) is 15.2. The van der Waals surface area contributed by atoms with Crippen molar-refractivity contribution in [3.8, 4) is 0 Å². The van der Waals surface area contributed by atoms with Crippen LogP contribution in [0.3, 0.4) is 0 Å². The second-order valence-corrected chi connectivity index (χ2v) is 7.53. The summed E-state index contributed by atoms with van der Waals surface area (Å²) in [4.78, 5) is 21.3. The molecular formula is C21H13F4N3OS. The van der Waals surface area contributed by atoms with Gasteiger partial charge < -0.3 is 0 Å². The van der Waals surface area contributed by atoms with E-state index in [4.69, 9.17) is 0 Å². The molecule has 30 heavy (non-hydrogen) atoms. The van der Waals surface area contributed by atoms with Crippen molar-refractivity contribution in [3.63, 3.8) is 0 Å². The third-order valence-corrected chi connectivity index (χ3v) is 5.31. The molecule has 0 aliphatic rings. The minimum atomic E-state index is -4.74. The van der Waals surface area contributed by atoms with Crippen LogP contribution in [0.25, 0.3) is 10.9 Å². The van der Waals surface area contributed by atoms with Crippen LogP contribution >= 0.6 is 11.3 Å². The highest BCUT2D eigenvalue weighted by molar-refractivity contribution is 7.15. The molecular weight excluding hydrogens is 418 g/mol. The minimum Gasteiger partial charge on any atom is -0.298 e. The molecule has 0 bridgehead atoms. The van der Waals surface area contributed by atoms with E-state index in [1.54, 1.807) is 24.3 Å². The fourth-order valence-electron chi connectivity index (χ4n) is 3.06. The van der Waals surface area contributed by atoms with Crippen LogP contribution < -0.4 is 5.32 Å². The van der Waals surface area contributed by atoms with Crippen molar-refractivity contribution >= 4 is 33.3 Å². The van der Waals surface area contributed by atoms with E-state index in [1.165, 1.54) is 30.5 Å². The molecule has 4 rings (SSSR count). The molecule has 2 aromatic carbocycles. The largest absolute Gasteiger partial charge is 0.417 e. The van der Waals surface area contributed by atoms with Crippen molar-refractivity contribution in [1.29, 1.82) is 0 Å². The van der Waals surface area contributed by atoms with Gasteiger partial charge in [-0.25, -0.2) is 9.37 Å². The zero-order chi connectivity index (χ0) is 21.3. The number of pyridine rings is 1. The summed E-state index contributed by atoms with van der Waals surface area (Å²) < 4.78 is 54.9. The van der Waals surface area contributed by atoms with Crippen LogP contribution in [-0.4, -0.2) is 15.9 Å². The lowest BCUT2D eigenvalue weighted by Gasteiger charge is -2.14. The first-order valence-corrected chi connectivity index (χ1v) is 9.59. The van der Waals surface area contributed by atoms with Crippen molar-refractivity contribution in [2.45, 2.75) is 12.6 Å². The number of alkyl halides is 3. The van der Waals surface area contributed by atoms with Crippen LogP contribution in [0.4, 0.5) is 22.7 Å². The number of fused-ring (bicyclic) bond motifs is 1. The fraction of sp³-hybridized carbons (Fsp3) is 0.0952. The van der Waals surface area contributed by atoms with E-state index < -0.39 is 23.2 Å². The normalized spacial score (nSPS) is 11.6. The Kier molecular flexibility index (Phi) is 5.21. The molecule has 4 nitrogen and oxygen atoms in total. The van der Waals surface area contributed by atoms with E-state index in [1.807, 2.05) is 0 Å². The number of halogens is 4. The van der Waals surface area contributed by atoms with Crippen LogP contribution in [0.5, 0.6) is 0 Å². The number of rotatable bonds is 4. The number of para-hydroxylation sites is 1. The van der Waals surface area contributed by atoms with Crippen LogP contribution in [0, 0.1) is 5.82 Å². The van der Waals surface area contributed by atoms with Crippen molar-refractivity contribution in [2.24, 2.45) is 0 Å². The number of anilines is 1. The molecule has 1 N–H and O–H groups in total. The first-order valence-electron chi connectivity index (χ1n) is 8.77. The lowest BCUT2D eigenvalue weighted by Crippen LogP contribution is -2.19. The predicted octanol–water partition coefficient (Wildman–Crippen LogP) is 5.69. The molecule has 0 unspecified atom stereocenters. The number of amides is 1. The Bertz CT molecular complexity index is 1240. The zero-order valence-corrected chi connectivity index (χ0v) is 16.0. The molecule has 0 aliphatic heterocycles. The molecule has 0 aliphatic carbocycles. The quantitative estimate of drug-likeness (QED) is 0.422. The molecule has 0 fully saturated rings. The standard InChI is InChI=1S/C21H13F4N3OS/c22-16-7-3-1-5-12(16)9-13-10-27-20(30-13)28-19(29)15-11-26-17-8-4-2-6-14(17)18(15)21(23,24)25/h1-8,10-11H,9H2,(H,27,28,29). The minimum absolute atomic E-state index is 0.118. The van der Waals surface area contributed by atoms with E-state index in [2.05, 4.69) is 15.3 Å². The van der Waals surface area contributed by atoms with Crippen molar-refractivity contribution in [2.75, 3.05) is 5.32 Å². The van der Waals surface area contributed by atoms with Crippen LogP contribution in [0.2, 0.25) is 0 Å². The number of thiazole rings is 1. The van der Waals surface area contributed by atoms with Crippen LogP contribution in [-0.2, 0) is 12.6 Å². The Labute approximate surface area is 172 Å². The first-order chi connectivity index (χ1) is 14.3. The summed E-state index contributed by atoms with van der Waals surface area (Å²) in [5.41, 5.74) is -1.04. The van der Waals surface area contributed by atoms with Gasteiger partial charge >= 0.3 is 6.18 Å². The lowest BCUT2D eigenvalue weighted by atomic mass is 10.0. The molecule has 4 aromatic rings. The number of hydrogen-bond donors (Lipinski definition) is 1. The number of carbonyl (C=O) groups excluding carboxylic acids is 1. The molecule has 2 aromatic heterocycles. The number of nitrogens with zero attached hydrogens (tertiary/aromatic N) is 2. The summed E-state index contributed by atoms with van der Waals surface area (Å²) in [5, 5.41) is 2.35. The SMILES string of the molecule is O=C(Nc1ncc(Cc2ccccc2F)s1)c1cnc2ccccc2c1C(F)(F)F. The monoisotopic (exact) mass is 431 g/mol. The molecule has 0 spiro atoms. The Morgan fingerprint density at radius 3 is 2.50 bits per heavy atom. The second-order valence-electron chi connectivity index (χ2n) is 6.42. The van der Waals surface area contributed by atoms with Gasteiger partial charge in [0.05, 0.1) is 16.6 Å².